The van der Waals surface area contributed by atoms with Gasteiger partial charge < -0.3 is 0 Å². The van der Waals surface area contributed by atoms with Crippen LogP contribution in [0.3, 0.4) is 0 Å². The van der Waals surface area contributed by atoms with Gasteiger partial charge in [-0.15, -0.1) is 0 Å². The van der Waals surface area contributed by atoms with Gasteiger partial charge in [-0.3, -0.25) is 5.01 Å². The maximum absolute atomic E-state index is 5.35. The van der Waals surface area contributed by atoms with Gasteiger partial charge in [0, 0.05) is 12.8 Å². The van der Waals surface area contributed by atoms with Crippen molar-refractivity contribution in [2.24, 2.45) is 5.84 Å². The van der Waals surface area contributed by atoms with Crippen LogP contribution < -0.4 is 5.84 Å². The van der Waals surface area contributed by atoms with Crippen LogP contribution in [0, 0.1) is 0 Å². The van der Waals surface area contributed by atoms with Crippen molar-refractivity contribution in [3.8, 4) is 0 Å². The lowest BCUT2D eigenvalue weighted by molar-refractivity contribution is 0.560. The van der Waals surface area contributed by atoms with E-state index in [2.05, 4.69) is 6.92 Å². The third-order valence-corrected chi connectivity index (χ3v) is 2.51. The van der Waals surface area contributed by atoms with Gasteiger partial charge in [-0.05, 0) is 6.42 Å². The van der Waals surface area contributed by atoms with Crippen LogP contribution in [0.1, 0.15) is 13.3 Å². The number of rotatable bonds is 2. The second-order valence-corrected chi connectivity index (χ2v) is 3.45. The van der Waals surface area contributed by atoms with Crippen LogP contribution >= 0.6 is 24.0 Å². The second kappa shape index (κ2) is 5.02. The highest BCUT2D eigenvalue weighted by molar-refractivity contribution is 8.22. The molecule has 0 saturated heterocycles. The molecule has 0 fully saturated rings. The Hall–Kier alpha value is 0.200. The zero-order chi connectivity index (χ0) is 7.28. The van der Waals surface area contributed by atoms with Crippen LogP contribution in [0.5, 0.6) is 0 Å². The summed E-state index contributed by atoms with van der Waals surface area (Å²) in [6.45, 7) is 2.12. The first-order valence-corrected chi connectivity index (χ1v) is 4.23. The molecule has 0 aliphatic rings. The van der Waals surface area contributed by atoms with Crippen molar-refractivity contribution >= 4 is 28.3 Å². The average Bonchev–Trinajstić information content (AvgIpc) is 1.82. The molecular weight excluding hydrogens is 152 g/mol. The monoisotopic (exact) mass is 164 g/mol. The number of hydrogen-bond donors (Lipinski definition) is 1. The molecule has 0 aliphatic heterocycles. The van der Waals surface area contributed by atoms with E-state index in [0.29, 0.717) is 0 Å². The van der Waals surface area contributed by atoms with Gasteiger partial charge in [-0.2, -0.15) is 0 Å². The molecule has 0 aromatic heterocycles. The van der Waals surface area contributed by atoms with Crippen molar-refractivity contribution in [3.05, 3.63) is 0 Å². The summed E-state index contributed by atoms with van der Waals surface area (Å²) in [5.41, 5.74) is 0. The number of thiocarbonyl (C=S) groups is 1. The highest BCUT2D eigenvalue weighted by Gasteiger charge is 1.96. The third-order valence-electron chi connectivity index (χ3n) is 0.718. The highest BCUT2D eigenvalue weighted by Crippen LogP contribution is 2.05. The fourth-order valence-electron chi connectivity index (χ4n) is 0.291. The Balaban J connectivity index is 3.28. The van der Waals surface area contributed by atoms with Crippen LogP contribution in [0.15, 0.2) is 0 Å². The van der Waals surface area contributed by atoms with E-state index in [1.165, 1.54) is 5.01 Å². The van der Waals surface area contributed by atoms with Crippen LogP contribution in [0.25, 0.3) is 0 Å². The Labute approximate surface area is 65.8 Å². The van der Waals surface area contributed by atoms with E-state index in [9.17, 15) is 0 Å². The zero-order valence-electron chi connectivity index (χ0n) is 5.76. The molecule has 0 aliphatic carbocycles. The summed E-state index contributed by atoms with van der Waals surface area (Å²) < 4.78 is 0.761. The Morgan fingerprint density at radius 2 is 2.33 bits per heavy atom. The highest BCUT2D eigenvalue weighted by atomic mass is 32.2. The summed E-state index contributed by atoms with van der Waals surface area (Å²) >= 11 is 6.52. The Kier molecular flexibility index (Phi) is 5.13. The molecular formula is C5H12N2S2. The number of nitrogens with two attached hydrogens (primary N) is 1. The van der Waals surface area contributed by atoms with E-state index in [4.69, 9.17) is 18.1 Å². The van der Waals surface area contributed by atoms with Gasteiger partial charge in [-0.1, -0.05) is 30.9 Å². The first kappa shape index (κ1) is 9.20. The normalized spacial score (nSPS) is 9.22. The average molecular weight is 164 g/mol. The molecule has 2 nitrogen and oxygen atoms in total. The van der Waals surface area contributed by atoms with Gasteiger partial charge in [0.2, 0.25) is 0 Å². The molecule has 0 saturated carbocycles. The maximum Gasteiger partial charge on any atom is 0.150 e. The Bertz CT molecular complexity index is 93.0. The summed E-state index contributed by atoms with van der Waals surface area (Å²) in [5, 5.41) is 1.47. The van der Waals surface area contributed by atoms with Crippen LogP contribution in [0.2, 0.25) is 0 Å². The van der Waals surface area contributed by atoms with E-state index < -0.39 is 0 Å². The number of thioether (sulfide) groups is 1. The van der Waals surface area contributed by atoms with Crippen molar-refractivity contribution in [2.45, 2.75) is 13.3 Å². The van der Waals surface area contributed by atoms with Crippen LogP contribution in [-0.2, 0) is 0 Å². The summed E-state index contributed by atoms with van der Waals surface area (Å²) in [6, 6.07) is 0. The van der Waals surface area contributed by atoms with Gasteiger partial charge in [0.1, 0.15) is 4.32 Å². The molecule has 0 radical (unpaired) electrons. The molecule has 0 heterocycles. The standard InChI is InChI=1S/C5H12N2S2/c1-3-4-9-5(8)7(2)6/h3-4,6H2,1-2H3. The van der Waals surface area contributed by atoms with Crippen molar-refractivity contribution in [2.75, 3.05) is 12.8 Å². The molecule has 0 aromatic carbocycles. The van der Waals surface area contributed by atoms with Gasteiger partial charge in [0.05, 0.1) is 0 Å². The minimum absolute atomic E-state index is 0.761. The summed E-state index contributed by atoms with van der Waals surface area (Å²) in [5.74, 6) is 6.40. The Morgan fingerprint density at radius 1 is 1.78 bits per heavy atom. The van der Waals surface area contributed by atoms with E-state index in [1.807, 2.05) is 0 Å². The van der Waals surface area contributed by atoms with Gasteiger partial charge in [0.15, 0.2) is 0 Å². The maximum atomic E-state index is 5.35. The van der Waals surface area contributed by atoms with E-state index in [0.717, 1.165) is 16.5 Å². The van der Waals surface area contributed by atoms with Gasteiger partial charge in [0.25, 0.3) is 0 Å². The number of nitrogens with zero attached hydrogens (tertiary/aromatic N) is 1. The molecule has 9 heavy (non-hydrogen) atoms. The zero-order valence-corrected chi connectivity index (χ0v) is 7.39. The van der Waals surface area contributed by atoms with Crippen molar-refractivity contribution in [1.29, 1.82) is 0 Å². The lowest BCUT2D eigenvalue weighted by atomic mass is 10.6. The topological polar surface area (TPSA) is 29.3 Å². The van der Waals surface area contributed by atoms with Gasteiger partial charge in [-0.25, -0.2) is 5.84 Å². The molecule has 4 heteroatoms. The van der Waals surface area contributed by atoms with Gasteiger partial charge >= 0.3 is 0 Å². The van der Waals surface area contributed by atoms with Crippen molar-refractivity contribution in [1.82, 2.24) is 5.01 Å². The van der Waals surface area contributed by atoms with E-state index >= 15 is 0 Å². The predicted molar refractivity (Wildman–Crippen MR) is 47.3 cm³/mol. The largest absolute Gasteiger partial charge is 0.299 e. The minimum Gasteiger partial charge on any atom is -0.299 e. The number of hydrazine groups is 1. The first-order valence-electron chi connectivity index (χ1n) is 2.83. The molecule has 0 amide bonds. The van der Waals surface area contributed by atoms with Crippen LogP contribution in [-0.4, -0.2) is 22.1 Å². The lowest BCUT2D eigenvalue weighted by Crippen LogP contribution is -2.29. The SMILES string of the molecule is CCCSC(=S)N(C)N. The molecule has 0 bridgehead atoms. The first-order chi connectivity index (χ1) is 4.18. The summed E-state index contributed by atoms with van der Waals surface area (Å²) in [7, 11) is 1.75. The second-order valence-electron chi connectivity index (χ2n) is 1.73. The van der Waals surface area contributed by atoms with Crippen molar-refractivity contribution in [3.63, 3.8) is 0 Å². The lowest BCUT2D eigenvalue weighted by Gasteiger charge is -2.10. The smallest absolute Gasteiger partial charge is 0.150 e. The number of hydrogen-bond acceptors (Lipinski definition) is 3. The molecule has 0 spiro atoms. The summed E-state index contributed by atoms with van der Waals surface area (Å²) in [4.78, 5) is 0. The third kappa shape index (κ3) is 4.69. The predicted octanol–water partition coefficient (Wildman–Crippen LogP) is 1.22. The van der Waals surface area contributed by atoms with Crippen molar-refractivity contribution < 1.29 is 0 Å². The van der Waals surface area contributed by atoms with E-state index in [-0.39, 0.29) is 0 Å². The fourth-order valence-corrected chi connectivity index (χ4v) is 1.12. The molecule has 0 rings (SSSR count). The molecule has 2 N–H and O–H groups in total. The molecule has 0 atom stereocenters. The fraction of sp³-hybridized carbons (Fsp3) is 0.800. The molecule has 0 unspecified atom stereocenters. The Morgan fingerprint density at radius 3 is 2.67 bits per heavy atom. The molecule has 54 valence electrons. The molecule has 0 aromatic rings. The summed E-state index contributed by atoms with van der Waals surface area (Å²) in [6.07, 6.45) is 1.14. The minimum atomic E-state index is 0.761. The quantitative estimate of drug-likeness (QED) is 0.377. The van der Waals surface area contributed by atoms with E-state index in [1.54, 1.807) is 18.8 Å². The van der Waals surface area contributed by atoms with Crippen LogP contribution in [0.4, 0.5) is 0 Å².